The van der Waals surface area contributed by atoms with Crippen LogP contribution in [0.4, 0.5) is 0 Å². The van der Waals surface area contributed by atoms with Crippen molar-refractivity contribution in [2.24, 2.45) is 0 Å². The quantitative estimate of drug-likeness (QED) is 0.572. The highest BCUT2D eigenvalue weighted by Crippen LogP contribution is 2.44. The van der Waals surface area contributed by atoms with Gasteiger partial charge in [0.05, 0.1) is 18.6 Å². The van der Waals surface area contributed by atoms with Crippen molar-refractivity contribution in [3.05, 3.63) is 23.5 Å². The second kappa shape index (κ2) is 6.18. The van der Waals surface area contributed by atoms with Gasteiger partial charge in [-0.3, -0.25) is 4.98 Å². The standard InChI is InChI=1S/C16H27NO4SSi/c1-16(2,3)23(5,6)20-11-13-9-15(21-22(4,18)19)14(10-17-13)12-7-8-12/h9-10,12H,7-8,11H2,1-6H3. The van der Waals surface area contributed by atoms with E-state index in [1.807, 2.05) is 0 Å². The molecule has 1 aromatic rings. The van der Waals surface area contributed by atoms with Crippen molar-refractivity contribution in [2.45, 2.75) is 64.3 Å². The van der Waals surface area contributed by atoms with Gasteiger partial charge >= 0.3 is 10.1 Å². The fraction of sp³-hybridized carbons (Fsp3) is 0.688. The highest BCUT2D eigenvalue weighted by Gasteiger charge is 2.37. The normalized spacial score (nSPS) is 16.4. The molecule has 0 saturated heterocycles. The van der Waals surface area contributed by atoms with Gasteiger partial charge in [0.25, 0.3) is 0 Å². The van der Waals surface area contributed by atoms with Crippen molar-refractivity contribution < 1.29 is 17.0 Å². The molecule has 7 heteroatoms. The molecular formula is C16H27NO4SSi. The minimum atomic E-state index is -3.55. The Kier molecular flexibility index (Phi) is 4.95. The van der Waals surface area contributed by atoms with Crippen LogP contribution in [0.25, 0.3) is 0 Å². The van der Waals surface area contributed by atoms with Gasteiger partial charge in [-0.05, 0) is 36.9 Å². The molecule has 1 fully saturated rings. The Balaban J connectivity index is 2.19. The summed E-state index contributed by atoms with van der Waals surface area (Å²) in [6.45, 7) is 11.3. The average molecular weight is 358 g/mol. The second-order valence-electron chi connectivity index (χ2n) is 7.82. The third-order valence-corrected chi connectivity index (χ3v) is 9.56. The smallest absolute Gasteiger partial charge is 0.306 e. The summed E-state index contributed by atoms with van der Waals surface area (Å²) in [5.74, 6) is 0.772. The molecular weight excluding hydrogens is 330 g/mol. The van der Waals surface area contributed by atoms with Gasteiger partial charge in [0.2, 0.25) is 0 Å². The SMILES string of the molecule is CC(C)(C)[Si](C)(C)OCc1cc(OS(C)(=O)=O)c(C2CC2)cn1. The fourth-order valence-corrected chi connectivity index (χ4v) is 3.39. The molecule has 2 rings (SSSR count). The Bertz CT molecular complexity index is 676. The van der Waals surface area contributed by atoms with Gasteiger partial charge in [0.1, 0.15) is 5.75 Å². The molecule has 23 heavy (non-hydrogen) atoms. The van der Waals surface area contributed by atoms with Crippen LogP contribution in [0.2, 0.25) is 18.1 Å². The molecule has 1 aliphatic carbocycles. The van der Waals surface area contributed by atoms with Crippen molar-refractivity contribution in [1.29, 1.82) is 0 Å². The molecule has 0 aliphatic heterocycles. The first-order valence-electron chi connectivity index (χ1n) is 7.91. The van der Waals surface area contributed by atoms with Gasteiger partial charge in [-0.25, -0.2) is 0 Å². The first-order chi connectivity index (χ1) is 10.4. The molecule has 0 atom stereocenters. The van der Waals surface area contributed by atoms with Crippen molar-refractivity contribution in [2.75, 3.05) is 6.26 Å². The van der Waals surface area contributed by atoms with E-state index in [0.29, 0.717) is 24.0 Å². The summed E-state index contributed by atoms with van der Waals surface area (Å²) in [6, 6.07) is 1.71. The molecule has 5 nitrogen and oxygen atoms in total. The van der Waals surface area contributed by atoms with E-state index in [0.717, 1.165) is 24.7 Å². The molecule has 1 aliphatic rings. The number of pyridine rings is 1. The molecule has 0 radical (unpaired) electrons. The average Bonchev–Trinajstić information content (AvgIpc) is 3.17. The summed E-state index contributed by atoms with van der Waals surface area (Å²) in [5.41, 5.74) is 1.59. The zero-order valence-corrected chi connectivity index (χ0v) is 16.7. The van der Waals surface area contributed by atoms with Crippen LogP contribution in [0.5, 0.6) is 5.75 Å². The maximum atomic E-state index is 11.5. The topological polar surface area (TPSA) is 65.5 Å². The highest BCUT2D eigenvalue weighted by atomic mass is 32.2. The molecule has 0 N–H and O–H groups in total. The van der Waals surface area contributed by atoms with Gasteiger partial charge < -0.3 is 8.61 Å². The lowest BCUT2D eigenvalue weighted by Gasteiger charge is -2.36. The second-order valence-corrected chi connectivity index (χ2v) is 14.2. The van der Waals surface area contributed by atoms with Crippen LogP contribution >= 0.6 is 0 Å². The lowest BCUT2D eigenvalue weighted by Crippen LogP contribution is -2.40. The highest BCUT2D eigenvalue weighted by molar-refractivity contribution is 7.86. The Morgan fingerprint density at radius 2 is 1.91 bits per heavy atom. The van der Waals surface area contributed by atoms with Crippen LogP contribution < -0.4 is 4.18 Å². The summed E-state index contributed by atoms with van der Waals surface area (Å²) in [4.78, 5) is 4.44. The molecule has 1 aromatic heterocycles. The van der Waals surface area contributed by atoms with Crippen LogP contribution in [-0.2, 0) is 21.2 Å². The summed E-state index contributed by atoms with van der Waals surface area (Å²) in [6.07, 6.45) is 4.92. The zero-order valence-electron chi connectivity index (χ0n) is 14.8. The first kappa shape index (κ1) is 18.4. The van der Waals surface area contributed by atoms with Crippen molar-refractivity contribution in [1.82, 2.24) is 4.98 Å². The van der Waals surface area contributed by atoms with Crippen LogP contribution in [0, 0.1) is 0 Å². The van der Waals surface area contributed by atoms with Gasteiger partial charge in [-0.15, -0.1) is 0 Å². The lowest BCUT2D eigenvalue weighted by atomic mass is 10.1. The van der Waals surface area contributed by atoms with Gasteiger partial charge in [-0.2, -0.15) is 8.42 Å². The number of nitrogens with zero attached hydrogens (tertiary/aromatic N) is 1. The molecule has 0 unspecified atom stereocenters. The van der Waals surface area contributed by atoms with E-state index in [1.165, 1.54) is 0 Å². The fourth-order valence-electron chi connectivity index (χ4n) is 1.97. The van der Waals surface area contributed by atoms with Crippen molar-refractivity contribution in [3.63, 3.8) is 0 Å². The van der Waals surface area contributed by atoms with E-state index < -0.39 is 18.4 Å². The minimum Gasteiger partial charge on any atom is -0.411 e. The maximum absolute atomic E-state index is 11.5. The molecule has 0 amide bonds. The predicted octanol–water partition coefficient (Wildman–Crippen LogP) is 3.82. The maximum Gasteiger partial charge on any atom is 0.306 e. The van der Waals surface area contributed by atoms with Crippen molar-refractivity contribution >= 4 is 18.4 Å². The third-order valence-electron chi connectivity index (χ3n) is 4.60. The molecule has 1 heterocycles. The van der Waals surface area contributed by atoms with Gasteiger partial charge in [-0.1, -0.05) is 20.8 Å². The van der Waals surface area contributed by atoms with E-state index in [2.05, 4.69) is 38.8 Å². The van der Waals surface area contributed by atoms with E-state index in [-0.39, 0.29) is 5.04 Å². The Morgan fingerprint density at radius 1 is 1.30 bits per heavy atom. The van der Waals surface area contributed by atoms with Gasteiger partial charge in [0.15, 0.2) is 8.32 Å². The van der Waals surface area contributed by atoms with Crippen LogP contribution in [0.15, 0.2) is 12.3 Å². The number of rotatable bonds is 6. The summed E-state index contributed by atoms with van der Waals surface area (Å²) in [7, 11) is -5.42. The summed E-state index contributed by atoms with van der Waals surface area (Å²) >= 11 is 0. The van der Waals surface area contributed by atoms with Crippen LogP contribution in [-0.4, -0.2) is 28.0 Å². The van der Waals surface area contributed by atoms with E-state index >= 15 is 0 Å². The monoisotopic (exact) mass is 357 g/mol. The Morgan fingerprint density at radius 3 is 2.39 bits per heavy atom. The lowest BCUT2D eigenvalue weighted by molar-refractivity contribution is 0.271. The number of hydrogen-bond acceptors (Lipinski definition) is 5. The van der Waals surface area contributed by atoms with Gasteiger partial charge in [0, 0.05) is 17.8 Å². The Labute approximate surface area is 140 Å². The molecule has 1 saturated carbocycles. The molecule has 0 bridgehead atoms. The predicted molar refractivity (Wildman–Crippen MR) is 93.7 cm³/mol. The van der Waals surface area contributed by atoms with Crippen LogP contribution in [0.3, 0.4) is 0 Å². The van der Waals surface area contributed by atoms with E-state index in [1.54, 1.807) is 12.3 Å². The third kappa shape index (κ3) is 5.02. The largest absolute Gasteiger partial charge is 0.411 e. The minimum absolute atomic E-state index is 0.118. The number of aromatic nitrogens is 1. The van der Waals surface area contributed by atoms with E-state index in [9.17, 15) is 8.42 Å². The first-order valence-corrected chi connectivity index (χ1v) is 12.6. The summed E-state index contributed by atoms with van der Waals surface area (Å²) < 4.78 is 34.3. The van der Waals surface area contributed by atoms with Crippen molar-refractivity contribution in [3.8, 4) is 5.75 Å². The van der Waals surface area contributed by atoms with Crippen LogP contribution in [0.1, 0.15) is 50.8 Å². The summed E-state index contributed by atoms with van der Waals surface area (Å²) in [5, 5.41) is 0.118. The molecule has 130 valence electrons. The Hall–Kier alpha value is -0.923. The number of hydrogen-bond donors (Lipinski definition) is 0. The molecule has 0 spiro atoms. The van der Waals surface area contributed by atoms with E-state index in [4.69, 9.17) is 8.61 Å². The molecule has 0 aromatic carbocycles. The zero-order chi connectivity index (χ0) is 17.5.